The van der Waals surface area contributed by atoms with Crippen LogP contribution in [0.15, 0.2) is 0 Å². The smallest absolute Gasteiger partial charge is 0.182 e. The van der Waals surface area contributed by atoms with Crippen LogP contribution >= 0.6 is 0 Å². The lowest BCUT2D eigenvalue weighted by molar-refractivity contribution is -0.144. The van der Waals surface area contributed by atoms with Gasteiger partial charge in [-0.2, -0.15) is 5.26 Å². The van der Waals surface area contributed by atoms with Gasteiger partial charge in [0.1, 0.15) is 0 Å². The van der Waals surface area contributed by atoms with Crippen molar-refractivity contribution in [2.75, 3.05) is 32.8 Å². The predicted molar refractivity (Wildman–Crippen MR) is 41.3 cm³/mol. The highest BCUT2D eigenvalue weighted by Gasteiger charge is 2.42. The van der Waals surface area contributed by atoms with Gasteiger partial charge in [-0.15, -0.1) is 0 Å². The highest BCUT2D eigenvalue weighted by molar-refractivity contribution is 4.90. The number of likely N-dealkylation sites (tertiary alicyclic amines) is 1. The lowest BCUT2D eigenvalue weighted by atomic mass is 10.2. The molecule has 4 heteroatoms. The lowest BCUT2D eigenvalue weighted by Gasteiger charge is -2.21. The molecule has 2 aliphatic heterocycles. The van der Waals surface area contributed by atoms with Crippen LogP contribution in [-0.2, 0) is 9.47 Å². The van der Waals surface area contributed by atoms with E-state index in [9.17, 15) is 0 Å². The molecule has 2 saturated heterocycles. The molecule has 0 N–H and O–H groups in total. The summed E-state index contributed by atoms with van der Waals surface area (Å²) in [6.07, 6.45) is 0.898. The second-order valence-corrected chi connectivity index (χ2v) is 3.23. The zero-order valence-electron chi connectivity index (χ0n) is 6.95. The van der Waals surface area contributed by atoms with Crippen LogP contribution in [0.2, 0.25) is 0 Å². The molecule has 66 valence electrons. The summed E-state index contributed by atoms with van der Waals surface area (Å²) in [6.45, 7) is 3.53. The van der Waals surface area contributed by atoms with E-state index in [4.69, 9.17) is 14.7 Å². The quantitative estimate of drug-likeness (QED) is 0.515. The second kappa shape index (κ2) is 3.02. The third-order valence-electron chi connectivity index (χ3n) is 2.38. The van der Waals surface area contributed by atoms with Crippen molar-refractivity contribution in [1.29, 1.82) is 5.26 Å². The largest absolute Gasteiger partial charge is 0.346 e. The van der Waals surface area contributed by atoms with Crippen LogP contribution in [0.3, 0.4) is 0 Å². The van der Waals surface area contributed by atoms with Crippen molar-refractivity contribution < 1.29 is 9.47 Å². The molecule has 0 bridgehead atoms. The van der Waals surface area contributed by atoms with Gasteiger partial charge in [0, 0.05) is 13.0 Å². The zero-order chi connectivity index (χ0) is 8.44. The van der Waals surface area contributed by atoms with Crippen LogP contribution in [-0.4, -0.2) is 43.5 Å². The molecule has 2 fully saturated rings. The lowest BCUT2D eigenvalue weighted by Crippen LogP contribution is -2.34. The summed E-state index contributed by atoms with van der Waals surface area (Å²) < 4.78 is 11.0. The van der Waals surface area contributed by atoms with Gasteiger partial charge in [0.05, 0.1) is 32.4 Å². The second-order valence-electron chi connectivity index (χ2n) is 3.23. The van der Waals surface area contributed by atoms with Crippen molar-refractivity contribution in [2.45, 2.75) is 12.2 Å². The molecule has 2 aliphatic rings. The van der Waals surface area contributed by atoms with E-state index in [1.54, 1.807) is 0 Å². The summed E-state index contributed by atoms with van der Waals surface area (Å²) in [5.74, 6) is -0.364. The van der Waals surface area contributed by atoms with Crippen molar-refractivity contribution in [1.82, 2.24) is 4.90 Å². The van der Waals surface area contributed by atoms with Crippen molar-refractivity contribution in [3.63, 3.8) is 0 Å². The molecule has 0 amide bonds. The van der Waals surface area contributed by atoms with Crippen molar-refractivity contribution >= 4 is 0 Å². The molecule has 2 rings (SSSR count). The Bertz CT molecular complexity index is 206. The first-order chi connectivity index (χ1) is 5.85. The van der Waals surface area contributed by atoms with E-state index in [0.717, 1.165) is 19.5 Å². The third-order valence-corrected chi connectivity index (χ3v) is 2.38. The van der Waals surface area contributed by atoms with Crippen LogP contribution in [0.1, 0.15) is 6.42 Å². The fraction of sp³-hybridized carbons (Fsp3) is 0.875. The standard InChI is InChI=1S/C8H12N2O2/c9-2-4-10-3-1-8(7-10)11-5-6-12-8/h1,3-7H2. The molecular weight excluding hydrogens is 156 g/mol. The number of rotatable bonds is 1. The third kappa shape index (κ3) is 1.31. The van der Waals surface area contributed by atoms with Gasteiger partial charge in [-0.1, -0.05) is 0 Å². The van der Waals surface area contributed by atoms with E-state index in [2.05, 4.69) is 11.0 Å². The summed E-state index contributed by atoms with van der Waals surface area (Å²) in [4.78, 5) is 2.06. The maximum atomic E-state index is 8.48. The van der Waals surface area contributed by atoms with Crippen molar-refractivity contribution in [2.24, 2.45) is 0 Å². The normalized spacial score (nSPS) is 27.9. The fourth-order valence-electron chi connectivity index (χ4n) is 1.79. The van der Waals surface area contributed by atoms with Gasteiger partial charge in [0.15, 0.2) is 5.79 Å². The number of hydrogen-bond acceptors (Lipinski definition) is 4. The van der Waals surface area contributed by atoms with Crippen LogP contribution in [0.25, 0.3) is 0 Å². The van der Waals surface area contributed by atoms with Gasteiger partial charge < -0.3 is 9.47 Å². The van der Waals surface area contributed by atoms with Gasteiger partial charge in [0.2, 0.25) is 0 Å². The molecule has 0 saturated carbocycles. The molecule has 0 radical (unpaired) electrons. The molecule has 12 heavy (non-hydrogen) atoms. The Balaban J connectivity index is 1.93. The summed E-state index contributed by atoms with van der Waals surface area (Å²) in [6, 6.07) is 2.13. The van der Waals surface area contributed by atoms with E-state index >= 15 is 0 Å². The topological polar surface area (TPSA) is 45.5 Å². The first-order valence-electron chi connectivity index (χ1n) is 4.22. The maximum absolute atomic E-state index is 8.48. The molecule has 2 heterocycles. The fourth-order valence-corrected chi connectivity index (χ4v) is 1.79. The molecular formula is C8H12N2O2. The molecule has 1 spiro atoms. The Morgan fingerprint density at radius 2 is 2.17 bits per heavy atom. The van der Waals surface area contributed by atoms with E-state index in [1.807, 2.05) is 0 Å². The highest BCUT2D eigenvalue weighted by Crippen LogP contribution is 2.29. The van der Waals surface area contributed by atoms with E-state index < -0.39 is 0 Å². The molecule has 0 unspecified atom stereocenters. The average molecular weight is 168 g/mol. The molecule has 0 aromatic heterocycles. The Labute approximate surface area is 71.7 Å². The first-order valence-corrected chi connectivity index (χ1v) is 4.22. The average Bonchev–Trinajstić information content (AvgIpc) is 2.65. The van der Waals surface area contributed by atoms with Gasteiger partial charge in [-0.05, 0) is 0 Å². The molecule has 0 aliphatic carbocycles. The number of nitriles is 1. The van der Waals surface area contributed by atoms with Crippen LogP contribution in [0, 0.1) is 11.3 Å². The number of nitrogens with zero attached hydrogens (tertiary/aromatic N) is 2. The number of ether oxygens (including phenoxy) is 2. The summed E-state index contributed by atoms with van der Waals surface area (Å²) >= 11 is 0. The van der Waals surface area contributed by atoms with Gasteiger partial charge in [-0.25, -0.2) is 0 Å². The Morgan fingerprint density at radius 3 is 2.83 bits per heavy atom. The monoisotopic (exact) mass is 168 g/mol. The molecule has 4 nitrogen and oxygen atoms in total. The number of hydrogen-bond donors (Lipinski definition) is 0. The zero-order valence-corrected chi connectivity index (χ0v) is 6.95. The van der Waals surface area contributed by atoms with Crippen molar-refractivity contribution in [3.05, 3.63) is 0 Å². The molecule has 0 aromatic carbocycles. The van der Waals surface area contributed by atoms with E-state index in [1.165, 1.54) is 0 Å². The molecule has 0 aromatic rings. The predicted octanol–water partition coefficient (Wildman–Crippen LogP) is -0.0412. The first kappa shape index (κ1) is 7.99. The minimum atomic E-state index is -0.364. The van der Waals surface area contributed by atoms with Crippen LogP contribution in [0.4, 0.5) is 0 Å². The van der Waals surface area contributed by atoms with Gasteiger partial charge in [0.25, 0.3) is 0 Å². The SMILES string of the molecule is N#CCN1CCC2(C1)OCCO2. The summed E-state index contributed by atoms with van der Waals surface area (Å²) in [5, 5.41) is 8.48. The summed E-state index contributed by atoms with van der Waals surface area (Å²) in [7, 11) is 0. The van der Waals surface area contributed by atoms with Crippen molar-refractivity contribution in [3.8, 4) is 6.07 Å². The minimum absolute atomic E-state index is 0.364. The van der Waals surface area contributed by atoms with Gasteiger partial charge in [-0.3, -0.25) is 4.90 Å². The minimum Gasteiger partial charge on any atom is -0.346 e. The van der Waals surface area contributed by atoms with E-state index in [0.29, 0.717) is 19.8 Å². The summed E-state index contributed by atoms with van der Waals surface area (Å²) in [5.41, 5.74) is 0. The van der Waals surface area contributed by atoms with Crippen LogP contribution in [0.5, 0.6) is 0 Å². The van der Waals surface area contributed by atoms with Crippen LogP contribution < -0.4 is 0 Å². The Hall–Kier alpha value is -0.630. The Morgan fingerprint density at radius 1 is 1.42 bits per heavy atom. The molecule has 0 atom stereocenters. The van der Waals surface area contributed by atoms with E-state index in [-0.39, 0.29) is 5.79 Å². The van der Waals surface area contributed by atoms with Gasteiger partial charge >= 0.3 is 0 Å². The maximum Gasteiger partial charge on any atom is 0.182 e. The Kier molecular flexibility index (Phi) is 2.01. The highest BCUT2D eigenvalue weighted by atomic mass is 16.7.